The summed E-state index contributed by atoms with van der Waals surface area (Å²) in [6.45, 7) is 5.13. The lowest BCUT2D eigenvalue weighted by Crippen LogP contribution is -2.53. The summed E-state index contributed by atoms with van der Waals surface area (Å²) < 4.78 is 5.80. The first kappa shape index (κ1) is 23.3. The maximum atomic E-state index is 13.3. The number of ether oxygens (including phenoxy) is 1. The first-order chi connectivity index (χ1) is 16.8. The predicted molar refractivity (Wildman–Crippen MR) is 129 cm³/mol. The van der Waals surface area contributed by atoms with Crippen molar-refractivity contribution in [3.63, 3.8) is 0 Å². The molecule has 184 valence electrons. The second-order valence-corrected chi connectivity index (χ2v) is 10.5. The van der Waals surface area contributed by atoms with Crippen LogP contribution in [0.5, 0.6) is 5.75 Å². The Morgan fingerprint density at radius 2 is 2.00 bits per heavy atom. The van der Waals surface area contributed by atoms with Gasteiger partial charge in [-0.1, -0.05) is 44.2 Å². The van der Waals surface area contributed by atoms with Crippen LogP contribution in [-0.2, 0) is 19.2 Å². The molecule has 1 saturated carbocycles. The number of piperidine rings is 1. The number of fused-ring (bicyclic) bond motifs is 2. The molecule has 8 nitrogen and oxygen atoms in total. The molecule has 2 heterocycles. The van der Waals surface area contributed by atoms with Crippen LogP contribution >= 0.6 is 0 Å². The fourth-order valence-electron chi connectivity index (χ4n) is 5.92. The fraction of sp³-hybridized carbons (Fsp3) is 0.481. The van der Waals surface area contributed by atoms with E-state index >= 15 is 0 Å². The zero-order valence-electron chi connectivity index (χ0n) is 20.0. The highest BCUT2D eigenvalue weighted by molar-refractivity contribution is 5.92. The molecule has 35 heavy (non-hydrogen) atoms. The summed E-state index contributed by atoms with van der Waals surface area (Å²) in [5, 5.41) is 7.68. The standard InChI is InChI=1S/C27H31N3O5/c1-27(2)21-13-30(22(32)15-35-20-8-7-16-5-3-4-6-17(16)12-20)24(23(21)27)26(34)29-19(14-31)11-18-9-10-28-25(18)33/h3-8,12,14,18-19,21,23-24H,9-11,13,15H2,1-2H3,(H,28,33)(H,29,34)/t18-,19-,21-,23-,24-/m0/s1. The molecule has 2 N–H and O–H groups in total. The molecule has 1 aliphatic carbocycles. The normalized spacial score (nSPS) is 27.1. The molecule has 3 fully saturated rings. The smallest absolute Gasteiger partial charge is 0.261 e. The van der Waals surface area contributed by atoms with E-state index in [-0.39, 0.29) is 53.9 Å². The van der Waals surface area contributed by atoms with Crippen LogP contribution < -0.4 is 15.4 Å². The van der Waals surface area contributed by atoms with E-state index in [1.54, 1.807) is 4.90 Å². The van der Waals surface area contributed by atoms with Gasteiger partial charge in [-0.3, -0.25) is 14.4 Å². The van der Waals surface area contributed by atoms with E-state index in [4.69, 9.17) is 4.74 Å². The third kappa shape index (κ3) is 4.37. The Morgan fingerprint density at radius 3 is 2.71 bits per heavy atom. The van der Waals surface area contributed by atoms with Crippen molar-refractivity contribution in [3.8, 4) is 5.75 Å². The number of amides is 3. The second kappa shape index (κ2) is 8.98. The molecule has 2 aliphatic heterocycles. The van der Waals surface area contributed by atoms with Crippen LogP contribution in [0.15, 0.2) is 42.5 Å². The summed E-state index contributed by atoms with van der Waals surface area (Å²) in [4.78, 5) is 51.7. The van der Waals surface area contributed by atoms with E-state index < -0.39 is 12.1 Å². The molecule has 2 saturated heterocycles. The molecule has 5 atom stereocenters. The van der Waals surface area contributed by atoms with Crippen molar-refractivity contribution < 1.29 is 23.9 Å². The summed E-state index contributed by atoms with van der Waals surface area (Å²) in [5.41, 5.74) is -0.0417. The lowest BCUT2D eigenvalue weighted by molar-refractivity contribution is -0.142. The van der Waals surface area contributed by atoms with Crippen molar-refractivity contribution in [1.29, 1.82) is 0 Å². The Bertz CT molecular complexity index is 1180. The molecule has 0 aromatic heterocycles. The minimum Gasteiger partial charge on any atom is -0.484 e. The molecule has 2 aromatic carbocycles. The van der Waals surface area contributed by atoms with Crippen LogP contribution in [0.1, 0.15) is 26.7 Å². The number of nitrogens with zero attached hydrogens (tertiary/aromatic N) is 1. The van der Waals surface area contributed by atoms with Gasteiger partial charge in [0.25, 0.3) is 5.91 Å². The van der Waals surface area contributed by atoms with Crippen LogP contribution in [0.2, 0.25) is 0 Å². The summed E-state index contributed by atoms with van der Waals surface area (Å²) in [6.07, 6.45) is 1.60. The number of carbonyl (C=O) groups excluding carboxylic acids is 4. The highest BCUT2D eigenvalue weighted by Crippen LogP contribution is 2.64. The van der Waals surface area contributed by atoms with Gasteiger partial charge >= 0.3 is 0 Å². The molecule has 0 radical (unpaired) electrons. The summed E-state index contributed by atoms with van der Waals surface area (Å²) in [6, 6.07) is 12.2. The molecule has 3 aliphatic rings. The zero-order chi connectivity index (χ0) is 24.7. The van der Waals surface area contributed by atoms with Gasteiger partial charge in [-0.05, 0) is 53.0 Å². The van der Waals surface area contributed by atoms with E-state index in [0.717, 1.165) is 10.8 Å². The largest absolute Gasteiger partial charge is 0.484 e. The summed E-state index contributed by atoms with van der Waals surface area (Å²) in [7, 11) is 0. The van der Waals surface area contributed by atoms with E-state index in [1.807, 2.05) is 42.5 Å². The van der Waals surface area contributed by atoms with Crippen LogP contribution in [-0.4, -0.2) is 60.7 Å². The average Bonchev–Trinajstić information content (AvgIpc) is 3.21. The van der Waals surface area contributed by atoms with Crippen molar-refractivity contribution in [2.75, 3.05) is 19.7 Å². The Hall–Kier alpha value is -3.42. The van der Waals surface area contributed by atoms with Crippen LogP contribution in [0, 0.1) is 23.2 Å². The topological polar surface area (TPSA) is 105 Å². The van der Waals surface area contributed by atoms with Gasteiger partial charge < -0.3 is 25.1 Å². The fourth-order valence-corrected chi connectivity index (χ4v) is 5.92. The molecule has 5 rings (SSSR count). The van der Waals surface area contributed by atoms with Gasteiger partial charge in [-0.2, -0.15) is 0 Å². The summed E-state index contributed by atoms with van der Waals surface area (Å²) in [5.74, 6) is -0.0898. The van der Waals surface area contributed by atoms with Gasteiger partial charge in [0, 0.05) is 19.0 Å². The highest BCUT2D eigenvalue weighted by Gasteiger charge is 2.69. The van der Waals surface area contributed by atoms with Gasteiger partial charge in [0.1, 0.15) is 18.1 Å². The average molecular weight is 478 g/mol. The van der Waals surface area contributed by atoms with Crippen LogP contribution in [0.25, 0.3) is 10.8 Å². The molecule has 0 spiro atoms. The minimum atomic E-state index is -0.761. The third-order valence-electron chi connectivity index (χ3n) is 8.07. The second-order valence-electron chi connectivity index (χ2n) is 10.5. The zero-order valence-corrected chi connectivity index (χ0v) is 20.0. The highest BCUT2D eigenvalue weighted by atomic mass is 16.5. The van der Waals surface area contributed by atoms with Gasteiger partial charge in [-0.25, -0.2) is 0 Å². The Labute approximate surface area is 204 Å². The van der Waals surface area contributed by atoms with Gasteiger partial charge in [0.05, 0.1) is 6.04 Å². The predicted octanol–water partition coefficient (Wildman–Crippen LogP) is 1.91. The van der Waals surface area contributed by atoms with Crippen LogP contribution in [0.4, 0.5) is 0 Å². The van der Waals surface area contributed by atoms with Crippen molar-refractivity contribution >= 4 is 34.8 Å². The maximum Gasteiger partial charge on any atom is 0.261 e. The first-order valence-electron chi connectivity index (χ1n) is 12.2. The van der Waals surface area contributed by atoms with Crippen molar-refractivity contribution in [2.45, 2.75) is 38.8 Å². The maximum absolute atomic E-state index is 13.3. The number of hydrogen-bond acceptors (Lipinski definition) is 5. The van der Waals surface area contributed by atoms with E-state index in [1.165, 1.54) is 0 Å². The molecule has 0 unspecified atom stereocenters. The molecular weight excluding hydrogens is 446 g/mol. The van der Waals surface area contributed by atoms with Crippen molar-refractivity contribution in [1.82, 2.24) is 15.5 Å². The van der Waals surface area contributed by atoms with E-state index in [0.29, 0.717) is 31.5 Å². The molecular formula is C27H31N3O5. The monoisotopic (exact) mass is 477 g/mol. The van der Waals surface area contributed by atoms with Gasteiger partial charge in [0.15, 0.2) is 6.61 Å². The SMILES string of the molecule is CC1(C)[C@@H]2[C@@H](C(=O)N[C@H](C=O)C[C@@H]3CCNC3=O)N(C(=O)COc3ccc4ccccc4c3)C[C@@H]21. The number of carbonyl (C=O) groups is 4. The first-order valence-corrected chi connectivity index (χ1v) is 12.2. The van der Waals surface area contributed by atoms with E-state index in [9.17, 15) is 19.2 Å². The Morgan fingerprint density at radius 1 is 1.23 bits per heavy atom. The quantitative estimate of drug-likeness (QED) is 0.565. The Balaban J connectivity index is 1.25. The minimum absolute atomic E-state index is 0.0363. The number of benzene rings is 2. The van der Waals surface area contributed by atoms with Gasteiger partial charge in [0.2, 0.25) is 11.8 Å². The molecule has 2 aromatic rings. The number of aldehydes is 1. The molecule has 8 heteroatoms. The number of hydrogen-bond donors (Lipinski definition) is 2. The number of nitrogens with one attached hydrogen (secondary N) is 2. The lowest BCUT2D eigenvalue weighted by Gasteiger charge is -2.31. The number of rotatable bonds is 8. The lowest BCUT2D eigenvalue weighted by atomic mass is 9.97. The third-order valence-corrected chi connectivity index (χ3v) is 8.07. The van der Waals surface area contributed by atoms with Gasteiger partial charge in [-0.15, -0.1) is 0 Å². The summed E-state index contributed by atoms with van der Waals surface area (Å²) >= 11 is 0. The van der Waals surface area contributed by atoms with Crippen molar-refractivity contribution in [3.05, 3.63) is 42.5 Å². The van der Waals surface area contributed by atoms with Crippen LogP contribution in [0.3, 0.4) is 0 Å². The molecule has 3 amide bonds. The Kier molecular flexibility index (Phi) is 5.99. The van der Waals surface area contributed by atoms with E-state index in [2.05, 4.69) is 24.5 Å². The number of likely N-dealkylation sites (tertiary alicyclic amines) is 1. The molecule has 0 bridgehead atoms. The van der Waals surface area contributed by atoms with Crippen molar-refractivity contribution in [2.24, 2.45) is 23.2 Å².